The normalized spacial score (nSPS) is 11.5. The number of furan rings is 1. The molecule has 1 amide bonds. The van der Waals surface area contributed by atoms with Gasteiger partial charge in [-0.2, -0.15) is 0 Å². The first-order valence-corrected chi connectivity index (χ1v) is 10.8. The Hall–Kier alpha value is -4.07. The summed E-state index contributed by atoms with van der Waals surface area (Å²) >= 11 is 0. The summed E-state index contributed by atoms with van der Waals surface area (Å²) in [6.45, 7) is 3.87. The van der Waals surface area contributed by atoms with Crippen LogP contribution in [0.2, 0.25) is 0 Å². The van der Waals surface area contributed by atoms with Crippen LogP contribution in [-0.4, -0.2) is 29.9 Å². The molecule has 170 valence electrons. The molecule has 2 aromatic heterocycles. The van der Waals surface area contributed by atoms with Crippen LogP contribution in [0.3, 0.4) is 0 Å². The topological polar surface area (TPSA) is 94.4 Å². The van der Waals surface area contributed by atoms with Crippen LogP contribution >= 0.6 is 0 Å². The van der Waals surface area contributed by atoms with Gasteiger partial charge in [0, 0.05) is 35.9 Å². The molecule has 0 bridgehead atoms. The lowest BCUT2D eigenvalue weighted by atomic mass is 10.1. The number of hydrogen-bond acceptors (Lipinski definition) is 3. The van der Waals surface area contributed by atoms with Gasteiger partial charge in [-0.1, -0.05) is 12.1 Å². The van der Waals surface area contributed by atoms with Crippen LogP contribution in [0.15, 0.2) is 76.5 Å². The Balaban J connectivity index is 1.35. The molecule has 0 unspecified atom stereocenters. The summed E-state index contributed by atoms with van der Waals surface area (Å²) in [6.07, 6.45) is 4.15. The lowest BCUT2D eigenvalue weighted by molar-refractivity contribution is 0.0996. The van der Waals surface area contributed by atoms with Gasteiger partial charge in [-0.3, -0.25) is 4.79 Å². The predicted octanol–water partition coefficient (Wildman–Crippen LogP) is 4.45. The zero-order valence-corrected chi connectivity index (χ0v) is 18.3. The molecule has 0 radical (unpaired) electrons. The Kier molecular flexibility index (Phi) is 7.04. The fraction of sp³-hybridized carbons (Fsp3) is 0.200. The Morgan fingerprint density at radius 3 is 2.85 bits per heavy atom. The first-order chi connectivity index (χ1) is 16.1. The molecule has 0 aliphatic heterocycles. The van der Waals surface area contributed by atoms with Gasteiger partial charge in [0.15, 0.2) is 11.7 Å². The number of rotatable bonds is 8. The van der Waals surface area contributed by atoms with Crippen molar-refractivity contribution >= 4 is 28.5 Å². The number of benzene rings is 2. The molecule has 4 N–H and O–H groups in total. The number of aliphatic imine (C=N–C) groups is 1. The number of H-pyrrole nitrogens is 1. The van der Waals surface area contributed by atoms with Gasteiger partial charge >= 0.3 is 0 Å². The van der Waals surface area contributed by atoms with Crippen LogP contribution in [0.25, 0.3) is 10.9 Å². The number of nitrogens with zero attached hydrogens (tertiary/aromatic N) is 1. The van der Waals surface area contributed by atoms with Crippen molar-refractivity contribution in [1.29, 1.82) is 0 Å². The number of hydrogen-bond donors (Lipinski definition) is 4. The summed E-state index contributed by atoms with van der Waals surface area (Å²) in [5, 5.41) is 10.4. The maximum atomic E-state index is 13.4. The Morgan fingerprint density at radius 2 is 2.03 bits per heavy atom. The van der Waals surface area contributed by atoms with E-state index in [0.29, 0.717) is 24.7 Å². The zero-order valence-electron chi connectivity index (χ0n) is 18.3. The quantitative estimate of drug-likeness (QED) is 0.237. The Labute approximate surface area is 191 Å². The summed E-state index contributed by atoms with van der Waals surface area (Å²) in [6, 6.07) is 15.6. The highest BCUT2D eigenvalue weighted by Crippen LogP contribution is 2.19. The fourth-order valence-electron chi connectivity index (χ4n) is 3.54. The first kappa shape index (κ1) is 22.1. The highest BCUT2D eigenvalue weighted by Gasteiger charge is 2.09. The monoisotopic (exact) mass is 447 g/mol. The number of nitrogens with one attached hydrogen (secondary N) is 4. The summed E-state index contributed by atoms with van der Waals surface area (Å²) in [4.78, 5) is 19.9. The van der Waals surface area contributed by atoms with Crippen molar-refractivity contribution in [1.82, 2.24) is 15.6 Å². The molecule has 2 aromatic carbocycles. The summed E-state index contributed by atoms with van der Waals surface area (Å²) in [5.74, 6) is 0.418. The molecule has 0 atom stereocenters. The molecule has 0 saturated carbocycles. The average molecular weight is 448 g/mol. The van der Waals surface area contributed by atoms with E-state index in [1.165, 1.54) is 18.4 Å². The molecule has 0 aliphatic carbocycles. The number of amides is 1. The van der Waals surface area contributed by atoms with Crippen molar-refractivity contribution in [2.24, 2.45) is 4.99 Å². The molecule has 8 heteroatoms. The smallest absolute Gasteiger partial charge is 0.291 e. The molecule has 0 fully saturated rings. The van der Waals surface area contributed by atoms with E-state index in [1.54, 1.807) is 18.2 Å². The SMILES string of the molecule is CCNC(=NCc1cccc(NC(=O)c2ccco2)c1)NCCc1c[nH]c2cc(F)ccc12. The van der Waals surface area contributed by atoms with Crippen LogP contribution < -0.4 is 16.0 Å². The van der Waals surface area contributed by atoms with E-state index in [4.69, 9.17) is 4.42 Å². The van der Waals surface area contributed by atoms with E-state index < -0.39 is 0 Å². The standard InChI is InChI=1S/C25H26FN5O2/c1-2-27-25(28-11-10-18-16-29-22-14-19(26)8-9-21(18)22)30-15-17-5-3-6-20(13-17)31-24(32)23-7-4-12-33-23/h3-9,12-14,16,29H,2,10-11,15H2,1H3,(H,31,32)(H2,27,28,30). The van der Waals surface area contributed by atoms with Gasteiger partial charge in [0.05, 0.1) is 12.8 Å². The number of fused-ring (bicyclic) bond motifs is 1. The lowest BCUT2D eigenvalue weighted by Crippen LogP contribution is -2.38. The van der Waals surface area contributed by atoms with E-state index >= 15 is 0 Å². The minimum Gasteiger partial charge on any atom is -0.459 e. The minimum absolute atomic E-state index is 0.250. The van der Waals surface area contributed by atoms with Gasteiger partial charge < -0.3 is 25.4 Å². The number of carbonyl (C=O) groups is 1. The molecule has 2 heterocycles. The zero-order chi connectivity index (χ0) is 23.0. The maximum absolute atomic E-state index is 13.4. The van der Waals surface area contributed by atoms with Crippen LogP contribution in [0.4, 0.5) is 10.1 Å². The van der Waals surface area contributed by atoms with Crippen molar-refractivity contribution in [3.05, 3.63) is 89.8 Å². The van der Waals surface area contributed by atoms with E-state index in [0.717, 1.165) is 35.0 Å². The van der Waals surface area contributed by atoms with E-state index in [1.807, 2.05) is 37.4 Å². The van der Waals surface area contributed by atoms with Gasteiger partial charge in [0.1, 0.15) is 5.82 Å². The van der Waals surface area contributed by atoms with Crippen molar-refractivity contribution in [3.8, 4) is 0 Å². The van der Waals surface area contributed by atoms with Crippen LogP contribution in [0.5, 0.6) is 0 Å². The van der Waals surface area contributed by atoms with Crippen molar-refractivity contribution in [3.63, 3.8) is 0 Å². The maximum Gasteiger partial charge on any atom is 0.291 e. The second kappa shape index (κ2) is 10.5. The Morgan fingerprint density at radius 1 is 1.12 bits per heavy atom. The molecular weight excluding hydrogens is 421 g/mol. The molecule has 7 nitrogen and oxygen atoms in total. The van der Waals surface area contributed by atoms with Gasteiger partial charge in [-0.25, -0.2) is 9.38 Å². The van der Waals surface area contributed by atoms with Crippen LogP contribution in [0.1, 0.15) is 28.6 Å². The lowest BCUT2D eigenvalue weighted by Gasteiger charge is -2.11. The molecule has 0 spiro atoms. The number of guanidine groups is 1. The van der Waals surface area contributed by atoms with Crippen LogP contribution in [0, 0.1) is 5.82 Å². The van der Waals surface area contributed by atoms with E-state index in [9.17, 15) is 9.18 Å². The van der Waals surface area contributed by atoms with E-state index in [-0.39, 0.29) is 17.5 Å². The number of aromatic nitrogens is 1. The molecule has 0 aliphatic rings. The van der Waals surface area contributed by atoms with Gasteiger partial charge in [-0.15, -0.1) is 0 Å². The second-order valence-corrected chi connectivity index (χ2v) is 7.51. The van der Waals surface area contributed by atoms with Crippen molar-refractivity contribution < 1.29 is 13.6 Å². The number of aromatic amines is 1. The molecule has 4 aromatic rings. The highest BCUT2D eigenvalue weighted by atomic mass is 19.1. The van der Waals surface area contributed by atoms with Crippen molar-refractivity contribution in [2.45, 2.75) is 19.9 Å². The fourth-order valence-corrected chi connectivity index (χ4v) is 3.54. The Bertz CT molecular complexity index is 1250. The number of halogens is 1. The summed E-state index contributed by atoms with van der Waals surface area (Å²) < 4.78 is 18.5. The third-order valence-corrected chi connectivity index (χ3v) is 5.11. The predicted molar refractivity (Wildman–Crippen MR) is 128 cm³/mol. The summed E-state index contributed by atoms with van der Waals surface area (Å²) in [5.41, 5.74) is 3.55. The molecule has 4 rings (SSSR count). The molecular formula is C25H26FN5O2. The third-order valence-electron chi connectivity index (χ3n) is 5.11. The first-order valence-electron chi connectivity index (χ1n) is 10.8. The van der Waals surface area contributed by atoms with Gasteiger partial charge in [0.25, 0.3) is 5.91 Å². The van der Waals surface area contributed by atoms with Gasteiger partial charge in [-0.05, 0) is 66.9 Å². The minimum atomic E-state index is -0.296. The second-order valence-electron chi connectivity index (χ2n) is 7.51. The summed E-state index contributed by atoms with van der Waals surface area (Å²) in [7, 11) is 0. The number of carbonyl (C=O) groups excluding carboxylic acids is 1. The molecule has 0 saturated heterocycles. The highest BCUT2D eigenvalue weighted by molar-refractivity contribution is 6.02. The third kappa shape index (κ3) is 5.79. The van der Waals surface area contributed by atoms with Crippen LogP contribution in [-0.2, 0) is 13.0 Å². The van der Waals surface area contributed by atoms with Gasteiger partial charge in [0.2, 0.25) is 0 Å². The number of anilines is 1. The average Bonchev–Trinajstić information content (AvgIpc) is 3.48. The largest absolute Gasteiger partial charge is 0.459 e. The molecule has 33 heavy (non-hydrogen) atoms. The van der Waals surface area contributed by atoms with E-state index in [2.05, 4.69) is 25.9 Å². The van der Waals surface area contributed by atoms with Crippen molar-refractivity contribution in [2.75, 3.05) is 18.4 Å².